The van der Waals surface area contributed by atoms with Crippen molar-refractivity contribution in [1.29, 1.82) is 0 Å². The molecule has 2 rings (SSSR count). The molecule has 0 aliphatic carbocycles. The molecule has 1 nitrogen and oxygen atoms in total. The Hall–Kier alpha value is -1.11. The SMILES string of the molecule is C#C/C(C)=C/CSc1cc2cc(Br)ccc2n1C. The van der Waals surface area contributed by atoms with Crippen molar-refractivity contribution in [2.75, 3.05) is 5.75 Å². The van der Waals surface area contributed by atoms with Crippen molar-refractivity contribution in [1.82, 2.24) is 4.57 Å². The molecule has 0 saturated carbocycles. The van der Waals surface area contributed by atoms with Crippen molar-refractivity contribution in [3.63, 3.8) is 0 Å². The number of terminal acetylenes is 1. The molecular weight excluding hydrogens is 306 g/mol. The Morgan fingerprint density at radius 2 is 2.28 bits per heavy atom. The van der Waals surface area contributed by atoms with E-state index in [1.165, 1.54) is 15.9 Å². The number of halogens is 1. The summed E-state index contributed by atoms with van der Waals surface area (Å²) in [6.45, 7) is 1.96. The summed E-state index contributed by atoms with van der Waals surface area (Å²) in [6, 6.07) is 8.55. The van der Waals surface area contributed by atoms with Gasteiger partial charge in [0.15, 0.2) is 0 Å². The molecule has 0 N–H and O–H groups in total. The normalized spacial score (nSPS) is 11.8. The lowest BCUT2D eigenvalue weighted by Gasteiger charge is -2.02. The molecule has 0 aliphatic heterocycles. The number of fused-ring (bicyclic) bond motifs is 1. The third kappa shape index (κ3) is 2.82. The summed E-state index contributed by atoms with van der Waals surface area (Å²) in [5.74, 6) is 3.54. The van der Waals surface area contributed by atoms with Gasteiger partial charge >= 0.3 is 0 Å². The van der Waals surface area contributed by atoms with E-state index < -0.39 is 0 Å². The lowest BCUT2D eigenvalue weighted by atomic mass is 10.2. The summed E-state index contributed by atoms with van der Waals surface area (Å²) in [4.78, 5) is 0. The van der Waals surface area contributed by atoms with Gasteiger partial charge in [-0.15, -0.1) is 18.2 Å². The maximum Gasteiger partial charge on any atom is 0.0759 e. The van der Waals surface area contributed by atoms with Crippen LogP contribution in [0.3, 0.4) is 0 Å². The van der Waals surface area contributed by atoms with Gasteiger partial charge in [0.05, 0.1) is 5.03 Å². The van der Waals surface area contributed by atoms with Crippen molar-refractivity contribution in [3.05, 3.63) is 40.4 Å². The highest BCUT2D eigenvalue weighted by molar-refractivity contribution is 9.10. The van der Waals surface area contributed by atoms with E-state index in [9.17, 15) is 0 Å². The van der Waals surface area contributed by atoms with Gasteiger partial charge in [0.1, 0.15) is 0 Å². The Balaban J connectivity index is 2.24. The van der Waals surface area contributed by atoms with Crippen molar-refractivity contribution >= 4 is 38.6 Å². The first kappa shape index (κ1) is 13.3. The smallest absolute Gasteiger partial charge is 0.0759 e. The molecule has 0 aliphatic rings. The highest BCUT2D eigenvalue weighted by atomic mass is 79.9. The van der Waals surface area contributed by atoms with E-state index >= 15 is 0 Å². The molecule has 1 aromatic carbocycles. The summed E-state index contributed by atoms with van der Waals surface area (Å²) < 4.78 is 3.33. The Morgan fingerprint density at radius 1 is 1.50 bits per heavy atom. The molecule has 0 amide bonds. The molecule has 0 radical (unpaired) electrons. The Kier molecular flexibility index (Phi) is 4.21. The Morgan fingerprint density at radius 3 is 3.00 bits per heavy atom. The standard InChI is InChI=1S/C15H14BrNS/c1-4-11(2)7-8-18-15-10-12-9-13(16)5-6-14(12)17(15)3/h1,5-7,9-10H,8H2,2-3H3/b11-7+. The number of rotatable bonds is 3. The zero-order valence-electron chi connectivity index (χ0n) is 10.4. The number of thioether (sulfide) groups is 1. The minimum Gasteiger partial charge on any atom is -0.339 e. The molecule has 0 atom stereocenters. The monoisotopic (exact) mass is 319 g/mol. The van der Waals surface area contributed by atoms with Crippen LogP contribution in [0.25, 0.3) is 10.9 Å². The molecule has 92 valence electrons. The number of hydrogen-bond donors (Lipinski definition) is 0. The third-order valence-electron chi connectivity index (χ3n) is 2.81. The van der Waals surface area contributed by atoms with Gasteiger partial charge in [0, 0.05) is 28.2 Å². The van der Waals surface area contributed by atoms with Crippen LogP contribution in [0.2, 0.25) is 0 Å². The zero-order valence-corrected chi connectivity index (χ0v) is 12.8. The molecule has 1 heterocycles. The average molecular weight is 320 g/mol. The Labute approximate surface area is 120 Å². The minimum atomic E-state index is 0.904. The highest BCUT2D eigenvalue weighted by Gasteiger charge is 2.05. The minimum absolute atomic E-state index is 0.904. The van der Waals surface area contributed by atoms with Gasteiger partial charge in [-0.25, -0.2) is 0 Å². The molecule has 0 unspecified atom stereocenters. The second-order valence-electron chi connectivity index (χ2n) is 4.09. The number of benzene rings is 1. The van der Waals surface area contributed by atoms with E-state index in [2.05, 4.69) is 63.8 Å². The van der Waals surface area contributed by atoms with Gasteiger partial charge in [-0.2, -0.15) is 0 Å². The van der Waals surface area contributed by atoms with E-state index in [0.29, 0.717) is 0 Å². The maximum atomic E-state index is 5.32. The van der Waals surface area contributed by atoms with Crippen LogP contribution < -0.4 is 0 Å². The maximum absolute atomic E-state index is 5.32. The van der Waals surface area contributed by atoms with Crippen LogP contribution in [0.15, 0.2) is 45.4 Å². The Bertz CT molecular complexity index is 646. The van der Waals surface area contributed by atoms with Crippen molar-refractivity contribution < 1.29 is 0 Å². The van der Waals surface area contributed by atoms with Crippen LogP contribution in [0.5, 0.6) is 0 Å². The van der Waals surface area contributed by atoms with Crippen LogP contribution in [-0.2, 0) is 7.05 Å². The van der Waals surface area contributed by atoms with E-state index in [-0.39, 0.29) is 0 Å². The van der Waals surface area contributed by atoms with E-state index in [4.69, 9.17) is 6.42 Å². The fraction of sp³-hybridized carbons (Fsp3) is 0.200. The van der Waals surface area contributed by atoms with Crippen LogP contribution >= 0.6 is 27.7 Å². The molecule has 2 aromatic rings. The molecule has 0 spiro atoms. The fourth-order valence-corrected chi connectivity index (χ4v) is 3.13. The summed E-state index contributed by atoms with van der Waals surface area (Å²) >= 11 is 5.30. The molecule has 1 aromatic heterocycles. The summed E-state index contributed by atoms with van der Waals surface area (Å²) in [7, 11) is 2.09. The van der Waals surface area contributed by atoms with Crippen LogP contribution in [-0.4, -0.2) is 10.3 Å². The highest BCUT2D eigenvalue weighted by Crippen LogP contribution is 2.28. The van der Waals surface area contributed by atoms with E-state index in [1.807, 2.05) is 6.92 Å². The number of nitrogens with zero attached hydrogens (tertiary/aromatic N) is 1. The first-order valence-electron chi connectivity index (χ1n) is 5.63. The topological polar surface area (TPSA) is 4.93 Å². The van der Waals surface area contributed by atoms with Crippen LogP contribution in [0.1, 0.15) is 6.92 Å². The quantitative estimate of drug-likeness (QED) is 0.590. The van der Waals surface area contributed by atoms with Crippen LogP contribution in [0.4, 0.5) is 0 Å². The summed E-state index contributed by atoms with van der Waals surface area (Å²) in [5, 5.41) is 2.51. The van der Waals surface area contributed by atoms with E-state index in [0.717, 1.165) is 15.8 Å². The summed E-state index contributed by atoms with van der Waals surface area (Å²) in [5.41, 5.74) is 2.24. The van der Waals surface area contributed by atoms with Crippen LogP contribution in [0, 0.1) is 12.3 Å². The van der Waals surface area contributed by atoms with Gasteiger partial charge in [0.25, 0.3) is 0 Å². The van der Waals surface area contributed by atoms with Gasteiger partial charge in [-0.3, -0.25) is 0 Å². The molecular formula is C15H14BrNS. The fourth-order valence-electron chi connectivity index (χ4n) is 1.74. The molecule has 0 fully saturated rings. The van der Waals surface area contributed by atoms with Gasteiger partial charge in [-0.05, 0) is 36.8 Å². The number of allylic oxidation sites excluding steroid dienone is 1. The second kappa shape index (κ2) is 5.69. The predicted molar refractivity (Wildman–Crippen MR) is 83.9 cm³/mol. The molecule has 0 bridgehead atoms. The van der Waals surface area contributed by atoms with Crippen molar-refractivity contribution in [2.24, 2.45) is 7.05 Å². The lowest BCUT2D eigenvalue weighted by Crippen LogP contribution is -1.89. The van der Waals surface area contributed by atoms with Gasteiger partial charge < -0.3 is 4.57 Å². The molecule has 0 saturated heterocycles. The molecule has 3 heteroatoms. The van der Waals surface area contributed by atoms with Crippen molar-refractivity contribution in [2.45, 2.75) is 11.9 Å². The number of aryl methyl sites for hydroxylation is 1. The van der Waals surface area contributed by atoms with E-state index in [1.54, 1.807) is 11.8 Å². The first-order chi connectivity index (χ1) is 8.61. The average Bonchev–Trinajstić information content (AvgIpc) is 2.65. The second-order valence-corrected chi connectivity index (χ2v) is 6.04. The number of hydrogen-bond acceptors (Lipinski definition) is 1. The van der Waals surface area contributed by atoms with Crippen molar-refractivity contribution in [3.8, 4) is 12.3 Å². The first-order valence-corrected chi connectivity index (χ1v) is 7.41. The largest absolute Gasteiger partial charge is 0.339 e. The number of aromatic nitrogens is 1. The lowest BCUT2D eigenvalue weighted by molar-refractivity contribution is 0.863. The van der Waals surface area contributed by atoms with Gasteiger partial charge in [0.2, 0.25) is 0 Å². The molecule has 18 heavy (non-hydrogen) atoms. The predicted octanol–water partition coefficient (Wildman–Crippen LogP) is 4.61. The van der Waals surface area contributed by atoms with Gasteiger partial charge in [-0.1, -0.05) is 27.9 Å². The zero-order chi connectivity index (χ0) is 13.1. The third-order valence-corrected chi connectivity index (χ3v) is 4.32. The summed E-state index contributed by atoms with van der Waals surface area (Å²) in [6.07, 6.45) is 7.40.